The fraction of sp³-hybridized carbons (Fsp3) is 0.208. The molecule has 0 aliphatic carbocycles. The summed E-state index contributed by atoms with van der Waals surface area (Å²) in [6, 6.07) is 19.6. The van der Waals surface area contributed by atoms with Gasteiger partial charge in [0.25, 0.3) is 10.0 Å². The first-order valence-electron chi connectivity index (χ1n) is 10.2. The minimum Gasteiger partial charge on any atom is -0.491 e. The molecule has 3 aromatic rings. The summed E-state index contributed by atoms with van der Waals surface area (Å²) in [6.45, 7) is 3.66. The zero-order valence-corrected chi connectivity index (χ0v) is 20.5. The Morgan fingerprint density at radius 2 is 1.67 bits per heavy atom. The molecule has 33 heavy (non-hydrogen) atoms. The molecular weight excluding hydrogens is 483 g/mol. The number of nitrogens with one attached hydrogen (secondary N) is 1. The highest BCUT2D eigenvalue weighted by molar-refractivity contribution is 7.92. The van der Waals surface area contributed by atoms with Gasteiger partial charge in [0.2, 0.25) is 5.91 Å². The van der Waals surface area contributed by atoms with Crippen molar-refractivity contribution in [2.45, 2.75) is 31.4 Å². The van der Waals surface area contributed by atoms with Crippen molar-refractivity contribution in [1.29, 1.82) is 0 Å². The van der Waals surface area contributed by atoms with E-state index in [1.807, 2.05) is 38.1 Å². The van der Waals surface area contributed by atoms with Gasteiger partial charge in [-0.25, -0.2) is 8.42 Å². The number of hydrogen-bond donors (Lipinski definition) is 1. The second kappa shape index (κ2) is 10.9. The topological polar surface area (TPSA) is 75.7 Å². The van der Waals surface area contributed by atoms with Gasteiger partial charge in [-0.15, -0.1) is 0 Å². The average Bonchev–Trinajstić information content (AvgIpc) is 2.77. The molecule has 0 saturated carbocycles. The van der Waals surface area contributed by atoms with Gasteiger partial charge < -0.3 is 10.1 Å². The molecule has 0 spiro atoms. The molecular formula is C24H24Cl2N2O4S. The van der Waals surface area contributed by atoms with Crippen LogP contribution in [-0.4, -0.2) is 27.0 Å². The predicted molar refractivity (Wildman–Crippen MR) is 131 cm³/mol. The highest BCUT2D eigenvalue weighted by Gasteiger charge is 2.28. The lowest BCUT2D eigenvalue weighted by Crippen LogP contribution is -2.40. The third-order valence-corrected chi connectivity index (χ3v) is 6.89. The van der Waals surface area contributed by atoms with E-state index in [1.54, 1.807) is 18.2 Å². The summed E-state index contributed by atoms with van der Waals surface area (Å²) in [7, 11) is -4.06. The van der Waals surface area contributed by atoms with E-state index < -0.39 is 22.5 Å². The number of hydrogen-bond acceptors (Lipinski definition) is 4. The highest BCUT2D eigenvalue weighted by Crippen LogP contribution is 2.32. The Morgan fingerprint density at radius 1 is 1.00 bits per heavy atom. The molecule has 0 fully saturated rings. The van der Waals surface area contributed by atoms with Crippen molar-refractivity contribution < 1.29 is 17.9 Å². The van der Waals surface area contributed by atoms with Crippen LogP contribution in [0.25, 0.3) is 0 Å². The molecule has 0 aromatic heterocycles. The number of anilines is 1. The van der Waals surface area contributed by atoms with E-state index in [9.17, 15) is 13.2 Å². The van der Waals surface area contributed by atoms with Crippen LogP contribution in [0.15, 0.2) is 77.7 Å². The van der Waals surface area contributed by atoms with Gasteiger partial charge in [0.15, 0.2) is 0 Å². The Labute approximate surface area is 204 Å². The molecule has 0 atom stereocenters. The van der Waals surface area contributed by atoms with Crippen LogP contribution in [0.5, 0.6) is 5.75 Å². The van der Waals surface area contributed by atoms with Crippen molar-refractivity contribution >= 4 is 44.8 Å². The van der Waals surface area contributed by atoms with Crippen LogP contribution in [0.4, 0.5) is 5.69 Å². The Morgan fingerprint density at radius 3 is 2.27 bits per heavy atom. The third kappa shape index (κ3) is 6.63. The van der Waals surface area contributed by atoms with Gasteiger partial charge in [-0.05, 0) is 61.9 Å². The van der Waals surface area contributed by atoms with E-state index in [-0.39, 0.29) is 28.3 Å². The van der Waals surface area contributed by atoms with Gasteiger partial charge in [0, 0.05) is 11.6 Å². The quantitative estimate of drug-likeness (QED) is 0.427. The zero-order valence-electron chi connectivity index (χ0n) is 18.2. The SMILES string of the molecule is CC(C)Oc1ccc(CNC(=O)CN(c2ccc(Cl)cc2Cl)S(=O)(=O)c2ccccc2)cc1. The molecule has 6 nitrogen and oxygen atoms in total. The van der Waals surface area contributed by atoms with E-state index in [0.717, 1.165) is 15.6 Å². The zero-order chi connectivity index (χ0) is 24.0. The molecule has 9 heteroatoms. The third-order valence-electron chi connectivity index (χ3n) is 4.58. The lowest BCUT2D eigenvalue weighted by atomic mass is 10.2. The van der Waals surface area contributed by atoms with E-state index in [2.05, 4.69) is 5.32 Å². The van der Waals surface area contributed by atoms with Gasteiger partial charge in [-0.1, -0.05) is 53.5 Å². The lowest BCUT2D eigenvalue weighted by Gasteiger charge is -2.25. The Bertz CT molecular complexity index is 1200. The van der Waals surface area contributed by atoms with Crippen LogP contribution in [0.2, 0.25) is 10.0 Å². The van der Waals surface area contributed by atoms with Gasteiger partial charge in [-0.3, -0.25) is 9.10 Å². The fourth-order valence-electron chi connectivity index (χ4n) is 3.05. The first-order chi connectivity index (χ1) is 15.7. The summed E-state index contributed by atoms with van der Waals surface area (Å²) in [5, 5.41) is 3.24. The maximum Gasteiger partial charge on any atom is 0.264 e. The van der Waals surface area contributed by atoms with Gasteiger partial charge in [0.05, 0.1) is 21.7 Å². The highest BCUT2D eigenvalue weighted by atomic mass is 35.5. The van der Waals surface area contributed by atoms with Crippen LogP contribution in [-0.2, 0) is 21.4 Å². The second-order valence-electron chi connectivity index (χ2n) is 7.51. The molecule has 174 valence electrons. The van der Waals surface area contributed by atoms with Crippen molar-refractivity contribution in [1.82, 2.24) is 5.32 Å². The largest absolute Gasteiger partial charge is 0.491 e. The Hall–Kier alpha value is -2.74. The maximum atomic E-state index is 13.3. The predicted octanol–water partition coefficient (Wildman–Crippen LogP) is 5.29. The van der Waals surface area contributed by atoms with Crippen LogP contribution in [0.3, 0.4) is 0 Å². The molecule has 0 heterocycles. The van der Waals surface area contributed by atoms with Gasteiger partial charge in [0.1, 0.15) is 12.3 Å². The molecule has 1 amide bonds. The standard InChI is InChI=1S/C24H24Cl2N2O4S/c1-17(2)32-20-11-8-18(9-12-20)15-27-24(29)16-28(23-13-10-19(25)14-22(23)26)33(30,31)21-6-4-3-5-7-21/h3-14,17H,15-16H2,1-2H3,(H,27,29). The number of sulfonamides is 1. The number of amides is 1. The first-order valence-corrected chi connectivity index (χ1v) is 12.4. The van der Waals surface area contributed by atoms with Crippen molar-refractivity contribution in [2.75, 3.05) is 10.8 Å². The molecule has 0 radical (unpaired) electrons. The van der Waals surface area contributed by atoms with Crippen molar-refractivity contribution in [3.63, 3.8) is 0 Å². The Kier molecular flexibility index (Phi) is 8.24. The number of nitrogens with zero attached hydrogens (tertiary/aromatic N) is 1. The summed E-state index contributed by atoms with van der Waals surface area (Å²) in [4.78, 5) is 12.8. The Balaban J connectivity index is 1.79. The number of ether oxygens (including phenoxy) is 1. The molecule has 0 aliphatic heterocycles. The minimum atomic E-state index is -4.06. The number of halogens is 2. The van der Waals surface area contributed by atoms with E-state index >= 15 is 0 Å². The van der Waals surface area contributed by atoms with Gasteiger partial charge >= 0.3 is 0 Å². The molecule has 0 bridgehead atoms. The fourth-order valence-corrected chi connectivity index (χ4v) is 5.07. The van der Waals surface area contributed by atoms with E-state index in [0.29, 0.717) is 5.02 Å². The van der Waals surface area contributed by atoms with Crippen molar-refractivity contribution in [2.24, 2.45) is 0 Å². The van der Waals surface area contributed by atoms with Crippen molar-refractivity contribution in [3.8, 4) is 5.75 Å². The molecule has 1 N–H and O–H groups in total. The monoisotopic (exact) mass is 506 g/mol. The second-order valence-corrected chi connectivity index (χ2v) is 10.2. The molecule has 0 aliphatic rings. The smallest absolute Gasteiger partial charge is 0.264 e. The summed E-state index contributed by atoms with van der Waals surface area (Å²) in [5.74, 6) is 0.251. The van der Waals surface area contributed by atoms with Crippen LogP contribution >= 0.6 is 23.2 Å². The number of benzene rings is 3. The summed E-state index contributed by atoms with van der Waals surface area (Å²) in [5.41, 5.74) is 1.01. The van der Waals surface area contributed by atoms with E-state index in [1.165, 1.54) is 30.3 Å². The normalized spacial score (nSPS) is 11.3. The van der Waals surface area contributed by atoms with Crippen LogP contribution in [0.1, 0.15) is 19.4 Å². The number of carbonyl (C=O) groups excluding carboxylic acids is 1. The minimum absolute atomic E-state index is 0.0459. The first kappa shape index (κ1) is 24.9. The lowest BCUT2D eigenvalue weighted by molar-refractivity contribution is -0.119. The molecule has 0 saturated heterocycles. The van der Waals surface area contributed by atoms with Crippen molar-refractivity contribution in [3.05, 3.63) is 88.4 Å². The molecule has 3 rings (SSSR count). The summed E-state index contributed by atoms with van der Waals surface area (Å²) >= 11 is 12.3. The number of carbonyl (C=O) groups is 1. The maximum absolute atomic E-state index is 13.3. The molecule has 3 aromatic carbocycles. The summed E-state index contributed by atoms with van der Waals surface area (Å²) in [6.07, 6.45) is 0.0628. The molecule has 0 unspecified atom stereocenters. The summed E-state index contributed by atoms with van der Waals surface area (Å²) < 4.78 is 33.3. The van der Waals surface area contributed by atoms with Crippen LogP contribution in [0, 0.1) is 0 Å². The van der Waals surface area contributed by atoms with Crippen LogP contribution < -0.4 is 14.4 Å². The van der Waals surface area contributed by atoms with Gasteiger partial charge in [-0.2, -0.15) is 0 Å². The van der Waals surface area contributed by atoms with E-state index in [4.69, 9.17) is 27.9 Å². The number of rotatable bonds is 9. The average molecular weight is 507 g/mol.